The first-order chi connectivity index (χ1) is 12.0. The number of nitrogens with one attached hydrogen (secondary N) is 2. The van der Waals surface area contributed by atoms with Gasteiger partial charge < -0.3 is 10.1 Å². The maximum atomic E-state index is 12.0. The minimum atomic E-state index is -3.62. The van der Waals surface area contributed by atoms with E-state index >= 15 is 0 Å². The van der Waals surface area contributed by atoms with Gasteiger partial charge in [0.15, 0.2) is 6.61 Å². The van der Waals surface area contributed by atoms with Crippen LogP contribution in [0.2, 0.25) is 0 Å². The Balaban J connectivity index is 1.80. The van der Waals surface area contributed by atoms with E-state index in [0.29, 0.717) is 11.4 Å². The van der Waals surface area contributed by atoms with Gasteiger partial charge in [-0.2, -0.15) is 5.26 Å². The Morgan fingerprint density at radius 1 is 1.08 bits per heavy atom. The minimum absolute atomic E-state index is 0.00124. The van der Waals surface area contributed by atoms with E-state index in [9.17, 15) is 13.2 Å². The fraction of sp³-hybridized carbons (Fsp3) is 0.176. The number of nitrogens with zero attached hydrogens (tertiary/aromatic N) is 1. The Kier molecular flexibility index (Phi) is 6.51. The second kappa shape index (κ2) is 8.82. The van der Waals surface area contributed by atoms with Gasteiger partial charge in [0.25, 0.3) is 0 Å². The van der Waals surface area contributed by atoms with E-state index in [1.807, 2.05) is 6.07 Å². The number of benzene rings is 2. The SMILES string of the molecule is N#CCOc1ccc(NC(=O)CCNS(=O)(=O)c2ccccc2)cc1. The molecule has 2 aromatic carbocycles. The molecular formula is C17H17N3O4S. The predicted octanol–water partition coefficient (Wildman–Crippen LogP) is 1.90. The summed E-state index contributed by atoms with van der Waals surface area (Å²) in [6, 6.07) is 16.4. The Morgan fingerprint density at radius 2 is 1.76 bits per heavy atom. The molecule has 0 aromatic heterocycles. The number of anilines is 1. The van der Waals surface area contributed by atoms with Gasteiger partial charge >= 0.3 is 0 Å². The predicted molar refractivity (Wildman–Crippen MR) is 92.4 cm³/mol. The molecule has 7 nitrogen and oxygen atoms in total. The molecule has 0 aliphatic rings. The van der Waals surface area contributed by atoms with Gasteiger partial charge in [-0.15, -0.1) is 0 Å². The van der Waals surface area contributed by atoms with E-state index in [-0.39, 0.29) is 30.4 Å². The van der Waals surface area contributed by atoms with Crippen LogP contribution in [0.4, 0.5) is 5.69 Å². The van der Waals surface area contributed by atoms with Gasteiger partial charge in [0.05, 0.1) is 4.90 Å². The van der Waals surface area contributed by atoms with Crippen molar-refractivity contribution in [3.8, 4) is 11.8 Å². The number of rotatable bonds is 8. The Morgan fingerprint density at radius 3 is 2.40 bits per heavy atom. The molecule has 25 heavy (non-hydrogen) atoms. The number of hydrogen-bond acceptors (Lipinski definition) is 5. The van der Waals surface area contributed by atoms with Gasteiger partial charge in [-0.3, -0.25) is 4.79 Å². The molecule has 0 atom stereocenters. The Bertz CT molecular complexity index is 844. The lowest BCUT2D eigenvalue weighted by Gasteiger charge is -2.08. The van der Waals surface area contributed by atoms with E-state index in [0.717, 1.165) is 0 Å². The molecule has 0 saturated carbocycles. The lowest BCUT2D eigenvalue weighted by atomic mass is 10.3. The molecule has 0 radical (unpaired) electrons. The summed E-state index contributed by atoms with van der Waals surface area (Å²) < 4.78 is 31.5. The average molecular weight is 359 g/mol. The van der Waals surface area contributed by atoms with Crippen molar-refractivity contribution < 1.29 is 17.9 Å². The smallest absolute Gasteiger partial charge is 0.240 e. The highest BCUT2D eigenvalue weighted by atomic mass is 32.2. The number of carbonyl (C=O) groups is 1. The van der Waals surface area contributed by atoms with Crippen molar-refractivity contribution in [3.63, 3.8) is 0 Å². The zero-order valence-electron chi connectivity index (χ0n) is 13.3. The van der Waals surface area contributed by atoms with Crippen LogP contribution < -0.4 is 14.8 Å². The van der Waals surface area contributed by atoms with Crippen molar-refractivity contribution in [2.24, 2.45) is 0 Å². The van der Waals surface area contributed by atoms with Crippen molar-refractivity contribution >= 4 is 21.6 Å². The van der Waals surface area contributed by atoms with Gasteiger partial charge in [0.2, 0.25) is 15.9 Å². The number of amides is 1. The van der Waals surface area contributed by atoms with Crippen LogP contribution >= 0.6 is 0 Å². The maximum absolute atomic E-state index is 12.0. The third-order valence-electron chi connectivity index (χ3n) is 3.14. The van der Waals surface area contributed by atoms with Crippen LogP contribution in [0.15, 0.2) is 59.5 Å². The topological polar surface area (TPSA) is 108 Å². The molecule has 0 heterocycles. The normalized spacial score (nSPS) is 10.7. The van der Waals surface area contributed by atoms with Crippen molar-refractivity contribution in [1.29, 1.82) is 5.26 Å². The van der Waals surface area contributed by atoms with Gasteiger partial charge in [-0.1, -0.05) is 18.2 Å². The molecule has 2 aromatic rings. The molecule has 2 N–H and O–H groups in total. The summed E-state index contributed by atoms with van der Waals surface area (Å²) in [7, 11) is -3.62. The summed E-state index contributed by atoms with van der Waals surface area (Å²) >= 11 is 0. The second-order valence-corrected chi connectivity index (χ2v) is 6.75. The first kappa shape index (κ1) is 18.4. The molecule has 0 fully saturated rings. The molecule has 0 aliphatic heterocycles. The number of ether oxygens (including phenoxy) is 1. The number of hydrogen-bond donors (Lipinski definition) is 2. The van der Waals surface area contributed by atoms with E-state index < -0.39 is 10.0 Å². The van der Waals surface area contributed by atoms with Crippen LogP contribution in [0.25, 0.3) is 0 Å². The molecule has 0 bridgehead atoms. The monoisotopic (exact) mass is 359 g/mol. The van der Waals surface area contributed by atoms with E-state index in [1.165, 1.54) is 12.1 Å². The van der Waals surface area contributed by atoms with Crippen molar-refractivity contribution in [3.05, 3.63) is 54.6 Å². The van der Waals surface area contributed by atoms with Crippen LogP contribution in [0.3, 0.4) is 0 Å². The Hall–Kier alpha value is -2.89. The van der Waals surface area contributed by atoms with Gasteiger partial charge in [-0.05, 0) is 36.4 Å². The third kappa shape index (κ3) is 5.91. The number of nitriles is 1. The first-order valence-electron chi connectivity index (χ1n) is 7.45. The standard InChI is InChI=1S/C17H17N3O4S/c18-11-13-24-15-8-6-14(7-9-15)20-17(21)10-12-19-25(22,23)16-4-2-1-3-5-16/h1-9,19H,10,12-13H2,(H,20,21). The quantitative estimate of drug-likeness (QED) is 0.748. The molecule has 0 saturated heterocycles. The van der Waals surface area contributed by atoms with Crippen LogP contribution in [-0.2, 0) is 14.8 Å². The van der Waals surface area contributed by atoms with E-state index in [1.54, 1.807) is 42.5 Å². The highest BCUT2D eigenvalue weighted by molar-refractivity contribution is 7.89. The zero-order chi connectivity index (χ0) is 18.1. The van der Waals surface area contributed by atoms with Crippen molar-refractivity contribution in [1.82, 2.24) is 4.72 Å². The Labute approximate surface area is 146 Å². The lowest BCUT2D eigenvalue weighted by Crippen LogP contribution is -2.27. The molecule has 130 valence electrons. The summed E-state index contributed by atoms with van der Waals surface area (Å²) in [6.45, 7) is -0.0559. The summed E-state index contributed by atoms with van der Waals surface area (Å²) in [4.78, 5) is 12.0. The number of carbonyl (C=O) groups excluding carboxylic acids is 1. The molecule has 0 aliphatic carbocycles. The molecular weight excluding hydrogens is 342 g/mol. The summed E-state index contributed by atoms with van der Waals surface area (Å²) in [5.41, 5.74) is 0.556. The average Bonchev–Trinajstić information content (AvgIpc) is 2.62. The molecule has 2 rings (SSSR count). The van der Waals surface area contributed by atoms with E-state index in [4.69, 9.17) is 10.00 Å². The molecule has 0 spiro atoms. The largest absolute Gasteiger partial charge is 0.479 e. The van der Waals surface area contributed by atoms with Crippen molar-refractivity contribution in [2.45, 2.75) is 11.3 Å². The van der Waals surface area contributed by atoms with Gasteiger partial charge in [0.1, 0.15) is 11.8 Å². The summed E-state index contributed by atoms with van der Waals surface area (Å²) in [6.07, 6.45) is -0.00124. The van der Waals surface area contributed by atoms with E-state index in [2.05, 4.69) is 10.0 Å². The zero-order valence-corrected chi connectivity index (χ0v) is 14.1. The van der Waals surface area contributed by atoms with Crippen LogP contribution in [0, 0.1) is 11.3 Å². The van der Waals surface area contributed by atoms with Crippen LogP contribution in [0.1, 0.15) is 6.42 Å². The first-order valence-corrected chi connectivity index (χ1v) is 8.94. The molecule has 1 amide bonds. The van der Waals surface area contributed by atoms with Gasteiger partial charge in [0, 0.05) is 18.7 Å². The van der Waals surface area contributed by atoms with Gasteiger partial charge in [-0.25, -0.2) is 13.1 Å². The fourth-order valence-corrected chi connectivity index (χ4v) is 3.01. The van der Waals surface area contributed by atoms with Crippen LogP contribution in [-0.4, -0.2) is 27.5 Å². The van der Waals surface area contributed by atoms with Crippen LogP contribution in [0.5, 0.6) is 5.75 Å². The van der Waals surface area contributed by atoms with Crippen molar-refractivity contribution in [2.75, 3.05) is 18.5 Å². The summed E-state index contributed by atoms with van der Waals surface area (Å²) in [5, 5.41) is 11.1. The summed E-state index contributed by atoms with van der Waals surface area (Å²) in [5.74, 6) is 0.205. The lowest BCUT2D eigenvalue weighted by molar-refractivity contribution is -0.116. The number of sulfonamides is 1. The highest BCUT2D eigenvalue weighted by Crippen LogP contribution is 2.15. The fourth-order valence-electron chi connectivity index (χ4n) is 1.96. The second-order valence-electron chi connectivity index (χ2n) is 4.98. The maximum Gasteiger partial charge on any atom is 0.240 e. The molecule has 8 heteroatoms. The third-order valence-corrected chi connectivity index (χ3v) is 4.62. The molecule has 0 unspecified atom stereocenters. The highest BCUT2D eigenvalue weighted by Gasteiger charge is 2.13. The minimum Gasteiger partial charge on any atom is -0.479 e.